The smallest absolute Gasteiger partial charge is 0.142 e. The largest absolute Gasteiger partial charge is 0.381 e. The molecule has 2 rings (SSSR count). The van der Waals surface area contributed by atoms with E-state index in [-0.39, 0.29) is 0 Å². The van der Waals surface area contributed by atoms with E-state index in [4.69, 9.17) is 0 Å². The van der Waals surface area contributed by atoms with Crippen molar-refractivity contribution in [2.45, 2.75) is 25.5 Å². The zero-order chi connectivity index (χ0) is 9.31. The third-order valence-electron chi connectivity index (χ3n) is 2.61. The van der Waals surface area contributed by atoms with Gasteiger partial charge in [-0.05, 0) is 19.9 Å². The van der Waals surface area contributed by atoms with Crippen LogP contribution < -0.4 is 5.32 Å². The van der Waals surface area contributed by atoms with Crippen LogP contribution in [0.25, 0.3) is 0 Å². The van der Waals surface area contributed by atoms with Gasteiger partial charge in [-0.25, -0.2) is 4.98 Å². The molecular weight excluding hydrogens is 166 g/mol. The molecule has 0 saturated carbocycles. The van der Waals surface area contributed by atoms with Crippen LogP contribution in [-0.4, -0.2) is 27.7 Å². The molecule has 4 heteroatoms. The van der Waals surface area contributed by atoms with Crippen LogP contribution in [0.15, 0.2) is 12.4 Å². The predicted molar refractivity (Wildman–Crippen MR) is 49.3 cm³/mol. The summed E-state index contributed by atoms with van der Waals surface area (Å²) in [5.74, 6) is 0.792. The molecule has 0 radical (unpaired) electrons. The summed E-state index contributed by atoms with van der Waals surface area (Å²) in [5.41, 5.74) is -0.750. The van der Waals surface area contributed by atoms with E-state index in [1.807, 2.05) is 10.8 Å². The van der Waals surface area contributed by atoms with Crippen LogP contribution in [0.1, 0.15) is 19.2 Å². The Hall–Kier alpha value is -0.870. The van der Waals surface area contributed by atoms with Gasteiger partial charge in [-0.15, -0.1) is 0 Å². The molecule has 0 aliphatic carbocycles. The molecule has 1 saturated heterocycles. The molecule has 72 valence electrons. The van der Waals surface area contributed by atoms with Crippen molar-refractivity contribution >= 4 is 0 Å². The fraction of sp³-hybridized carbons (Fsp3) is 0.667. The second-order valence-corrected chi connectivity index (χ2v) is 3.50. The zero-order valence-corrected chi connectivity index (χ0v) is 7.82. The number of β-amino-alcohol motifs (C(OH)–C–C–N with tert-alkyl or cyclic N) is 1. The van der Waals surface area contributed by atoms with Crippen molar-refractivity contribution in [1.29, 1.82) is 0 Å². The highest BCUT2D eigenvalue weighted by atomic mass is 16.3. The molecule has 4 nitrogen and oxygen atoms in total. The van der Waals surface area contributed by atoms with E-state index in [0.717, 1.165) is 25.3 Å². The lowest BCUT2D eigenvalue weighted by Gasteiger charge is -2.21. The van der Waals surface area contributed by atoms with E-state index in [9.17, 15) is 5.11 Å². The third-order valence-corrected chi connectivity index (χ3v) is 2.61. The van der Waals surface area contributed by atoms with E-state index in [1.165, 1.54) is 0 Å². The topological polar surface area (TPSA) is 50.1 Å². The van der Waals surface area contributed by atoms with Gasteiger partial charge in [0.25, 0.3) is 0 Å². The zero-order valence-electron chi connectivity index (χ0n) is 7.82. The number of hydrogen-bond acceptors (Lipinski definition) is 3. The summed E-state index contributed by atoms with van der Waals surface area (Å²) in [6, 6.07) is 0. The van der Waals surface area contributed by atoms with Crippen molar-refractivity contribution in [3.63, 3.8) is 0 Å². The van der Waals surface area contributed by atoms with E-state index in [2.05, 4.69) is 17.2 Å². The summed E-state index contributed by atoms with van der Waals surface area (Å²) in [6.45, 7) is 4.39. The molecule has 1 aromatic heterocycles. The van der Waals surface area contributed by atoms with Gasteiger partial charge in [-0.2, -0.15) is 0 Å². The van der Waals surface area contributed by atoms with Gasteiger partial charge in [-0.1, -0.05) is 0 Å². The monoisotopic (exact) mass is 181 g/mol. The molecule has 13 heavy (non-hydrogen) atoms. The number of aryl methyl sites for hydroxylation is 1. The van der Waals surface area contributed by atoms with Crippen LogP contribution in [0.4, 0.5) is 0 Å². The average molecular weight is 181 g/mol. The molecule has 1 aliphatic rings. The van der Waals surface area contributed by atoms with Gasteiger partial charge < -0.3 is 15.0 Å². The Balaban J connectivity index is 2.32. The molecular formula is C9H15N3O. The van der Waals surface area contributed by atoms with E-state index >= 15 is 0 Å². The first kappa shape index (κ1) is 8.72. The Kier molecular flexibility index (Phi) is 2.09. The molecule has 1 aliphatic heterocycles. The summed E-state index contributed by atoms with van der Waals surface area (Å²) in [7, 11) is 0. The maximum atomic E-state index is 10.2. The molecule has 1 unspecified atom stereocenters. The molecule has 0 amide bonds. The number of aliphatic hydroxyl groups is 1. The van der Waals surface area contributed by atoms with Crippen molar-refractivity contribution in [2.24, 2.45) is 0 Å². The van der Waals surface area contributed by atoms with Gasteiger partial charge in [-0.3, -0.25) is 0 Å². The fourth-order valence-corrected chi connectivity index (χ4v) is 1.84. The van der Waals surface area contributed by atoms with Crippen LogP contribution in [0.2, 0.25) is 0 Å². The minimum absolute atomic E-state index is 0.615. The molecule has 2 heterocycles. The van der Waals surface area contributed by atoms with E-state index in [1.54, 1.807) is 6.20 Å². The number of hydrogen-bond donors (Lipinski definition) is 2. The molecule has 1 atom stereocenters. The fourth-order valence-electron chi connectivity index (χ4n) is 1.84. The van der Waals surface area contributed by atoms with Crippen molar-refractivity contribution in [1.82, 2.24) is 14.9 Å². The van der Waals surface area contributed by atoms with Gasteiger partial charge in [0, 0.05) is 25.5 Å². The normalized spacial score (nSPS) is 28.2. The Morgan fingerprint density at radius 2 is 2.62 bits per heavy atom. The van der Waals surface area contributed by atoms with Gasteiger partial charge in [0.2, 0.25) is 0 Å². The first-order chi connectivity index (χ1) is 6.26. The van der Waals surface area contributed by atoms with Gasteiger partial charge in [0.05, 0.1) is 0 Å². The highest BCUT2D eigenvalue weighted by Crippen LogP contribution is 2.25. The second-order valence-electron chi connectivity index (χ2n) is 3.50. The van der Waals surface area contributed by atoms with Crippen molar-refractivity contribution < 1.29 is 5.11 Å². The number of nitrogens with one attached hydrogen (secondary N) is 1. The highest BCUT2D eigenvalue weighted by Gasteiger charge is 2.36. The average Bonchev–Trinajstić information content (AvgIpc) is 2.72. The predicted octanol–water partition coefficient (Wildman–Crippen LogP) is 0.0839. The third kappa shape index (κ3) is 1.36. The minimum Gasteiger partial charge on any atom is -0.381 e. The lowest BCUT2D eigenvalue weighted by atomic mass is 10.0. The Morgan fingerprint density at radius 1 is 1.77 bits per heavy atom. The quantitative estimate of drug-likeness (QED) is 0.679. The maximum Gasteiger partial charge on any atom is 0.142 e. The standard InChI is InChI=1S/C9H15N3O/c1-2-12-6-5-11-8(12)9(13)3-4-10-7-9/h5-6,10,13H,2-4,7H2,1H3. The first-order valence-corrected chi connectivity index (χ1v) is 4.71. The molecule has 0 spiro atoms. The van der Waals surface area contributed by atoms with Gasteiger partial charge in [0.15, 0.2) is 0 Å². The summed E-state index contributed by atoms with van der Waals surface area (Å²) >= 11 is 0. The van der Waals surface area contributed by atoms with Crippen LogP contribution in [0.5, 0.6) is 0 Å². The van der Waals surface area contributed by atoms with Crippen LogP contribution >= 0.6 is 0 Å². The summed E-state index contributed by atoms with van der Waals surface area (Å²) < 4.78 is 1.99. The molecule has 2 N–H and O–H groups in total. The SMILES string of the molecule is CCn1ccnc1C1(O)CCNC1. The molecule has 1 fully saturated rings. The summed E-state index contributed by atoms with van der Waals surface area (Å²) in [5, 5.41) is 13.4. The Morgan fingerprint density at radius 3 is 3.23 bits per heavy atom. The van der Waals surface area contributed by atoms with Crippen molar-refractivity contribution in [2.75, 3.05) is 13.1 Å². The second kappa shape index (κ2) is 3.12. The number of aromatic nitrogens is 2. The number of rotatable bonds is 2. The lowest BCUT2D eigenvalue weighted by molar-refractivity contribution is 0.0456. The summed E-state index contributed by atoms with van der Waals surface area (Å²) in [6.07, 6.45) is 4.41. The van der Waals surface area contributed by atoms with Crippen LogP contribution in [-0.2, 0) is 12.1 Å². The molecule has 0 bridgehead atoms. The maximum absolute atomic E-state index is 10.2. The van der Waals surface area contributed by atoms with Gasteiger partial charge in [0.1, 0.15) is 11.4 Å². The summed E-state index contributed by atoms with van der Waals surface area (Å²) in [4.78, 5) is 4.21. The van der Waals surface area contributed by atoms with Crippen molar-refractivity contribution in [3.8, 4) is 0 Å². The van der Waals surface area contributed by atoms with E-state index < -0.39 is 5.60 Å². The molecule has 0 aromatic carbocycles. The van der Waals surface area contributed by atoms with Crippen LogP contribution in [0, 0.1) is 0 Å². The lowest BCUT2D eigenvalue weighted by Crippen LogP contribution is -2.31. The first-order valence-electron chi connectivity index (χ1n) is 4.71. The van der Waals surface area contributed by atoms with Gasteiger partial charge >= 0.3 is 0 Å². The van der Waals surface area contributed by atoms with Crippen LogP contribution in [0.3, 0.4) is 0 Å². The minimum atomic E-state index is -0.750. The van der Waals surface area contributed by atoms with E-state index in [0.29, 0.717) is 6.54 Å². The molecule has 1 aromatic rings. The number of imidazole rings is 1. The highest BCUT2D eigenvalue weighted by molar-refractivity contribution is 5.08. The number of nitrogens with zero attached hydrogens (tertiary/aromatic N) is 2. The van der Waals surface area contributed by atoms with Crippen molar-refractivity contribution in [3.05, 3.63) is 18.2 Å². The Bertz CT molecular complexity index is 289. The Labute approximate surface area is 77.6 Å².